The number of anilines is 1. The summed E-state index contributed by atoms with van der Waals surface area (Å²) in [7, 11) is -3.56. The van der Waals surface area contributed by atoms with E-state index in [9.17, 15) is 18.0 Å². The van der Waals surface area contributed by atoms with Gasteiger partial charge in [0.05, 0.1) is 11.9 Å². The van der Waals surface area contributed by atoms with Crippen LogP contribution in [0.4, 0.5) is 5.69 Å². The maximum Gasteiger partial charge on any atom is 0.242 e. The van der Waals surface area contributed by atoms with E-state index in [1.54, 1.807) is 25.1 Å². The summed E-state index contributed by atoms with van der Waals surface area (Å²) >= 11 is 12.4. The number of aryl methyl sites for hydroxylation is 2. The number of carbonyl (C=O) groups is 2. The Morgan fingerprint density at radius 3 is 2.16 bits per heavy atom. The summed E-state index contributed by atoms with van der Waals surface area (Å²) in [6.45, 7) is 10.2. The highest BCUT2D eigenvalue weighted by Gasteiger charge is 2.27. The van der Waals surface area contributed by atoms with Gasteiger partial charge in [-0.3, -0.25) is 13.9 Å². The molecule has 0 radical (unpaired) electrons. The molecule has 1 N–H and O–H groups in total. The van der Waals surface area contributed by atoms with Gasteiger partial charge in [0.25, 0.3) is 0 Å². The van der Waals surface area contributed by atoms with Gasteiger partial charge in [-0.1, -0.05) is 49.2 Å². The van der Waals surface area contributed by atoms with Crippen molar-refractivity contribution in [1.29, 1.82) is 0 Å². The molecule has 0 aliphatic carbocycles. The fourth-order valence-corrected chi connectivity index (χ4v) is 5.38. The van der Waals surface area contributed by atoms with E-state index >= 15 is 0 Å². The van der Waals surface area contributed by atoms with Crippen LogP contribution >= 0.6 is 23.2 Å². The molecule has 2 aromatic carbocycles. The lowest BCUT2D eigenvalue weighted by Crippen LogP contribution is -2.48. The van der Waals surface area contributed by atoms with E-state index in [-0.39, 0.29) is 43.7 Å². The largest absolute Gasteiger partial charge is 0.354 e. The SMILES string of the molecule is Cc1cc(C)cc(N(CCCC(=O)N(Cc2ccc(Cl)cc2Cl)[C@@H](C)C(=O)NCC(C)C)S(C)(=O)=O)c1. The Morgan fingerprint density at radius 2 is 1.62 bits per heavy atom. The summed E-state index contributed by atoms with van der Waals surface area (Å²) in [5, 5.41) is 3.75. The molecule has 204 valence electrons. The molecule has 1 atom stereocenters. The van der Waals surface area contributed by atoms with Gasteiger partial charge in [0.1, 0.15) is 6.04 Å². The zero-order valence-corrected chi connectivity index (χ0v) is 24.7. The predicted molar refractivity (Wildman–Crippen MR) is 152 cm³/mol. The number of sulfonamides is 1. The van der Waals surface area contributed by atoms with E-state index in [0.717, 1.165) is 17.4 Å². The van der Waals surface area contributed by atoms with Crippen molar-refractivity contribution in [3.63, 3.8) is 0 Å². The molecular formula is C27H37Cl2N3O4S. The lowest BCUT2D eigenvalue weighted by Gasteiger charge is -2.30. The third-order valence-corrected chi connectivity index (χ3v) is 7.64. The van der Waals surface area contributed by atoms with Gasteiger partial charge in [-0.2, -0.15) is 0 Å². The van der Waals surface area contributed by atoms with Gasteiger partial charge >= 0.3 is 0 Å². The van der Waals surface area contributed by atoms with Crippen LogP contribution in [0.25, 0.3) is 0 Å². The highest BCUT2D eigenvalue weighted by atomic mass is 35.5. The van der Waals surface area contributed by atoms with Crippen LogP contribution < -0.4 is 9.62 Å². The number of nitrogens with zero attached hydrogens (tertiary/aromatic N) is 2. The quantitative estimate of drug-likeness (QED) is 0.373. The third-order valence-electron chi connectivity index (χ3n) is 5.85. The fraction of sp³-hybridized carbons (Fsp3) is 0.481. The molecule has 0 heterocycles. The Balaban J connectivity index is 2.22. The maximum absolute atomic E-state index is 13.4. The number of benzene rings is 2. The van der Waals surface area contributed by atoms with Gasteiger partial charge < -0.3 is 10.2 Å². The second kappa shape index (κ2) is 13.5. The van der Waals surface area contributed by atoms with Crippen LogP contribution in [-0.2, 0) is 26.2 Å². The summed E-state index contributed by atoms with van der Waals surface area (Å²) in [5.74, 6) is -0.273. The number of amides is 2. The molecule has 0 unspecified atom stereocenters. The second-order valence-electron chi connectivity index (χ2n) is 9.86. The zero-order chi connectivity index (χ0) is 27.9. The first-order chi connectivity index (χ1) is 17.2. The van der Waals surface area contributed by atoms with Crippen LogP contribution in [0.1, 0.15) is 50.3 Å². The van der Waals surface area contributed by atoms with Crippen LogP contribution in [0.2, 0.25) is 10.0 Å². The molecule has 0 aliphatic heterocycles. The first-order valence-corrected chi connectivity index (χ1v) is 14.9. The Morgan fingerprint density at radius 1 is 1.00 bits per heavy atom. The number of rotatable bonds is 12. The standard InChI is InChI=1S/C27H37Cl2N3O4S/c1-18(2)16-30-27(34)21(5)31(17-22-9-10-23(28)15-25(22)29)26(33)8-7-11-32(37(6,35)36)24-13-19(3)12-20(4)14-24/h9-10,12-15,18,21H,7-8,11,16-17H2,1-6H3,(H,30,34)/t21-/m0/s1. The Labute approximate surface area is 231 Å². The molecule has 37 heavy (non-hydrogen) atoms. The fourth-order valence-electron chi connectivity index (χ4n) is 3.97. The smallest absolute Gasteiger partial charge is 0.242 e. The van der Waals surface area contributed by atoms with Crippen molar-refractivity contribution >= 4 is 50.7 Å². The van der Waals surface area contributed by atoms with Gasteiger partial charge in [0.2, 0.25) is 21.8 Å². The maximum atomic E-state index is 13.4. The van der Waals surface area contributed by atoms with Crippen molar-refractivity contribution in [2.75, 3.05) is 23.7 Å². The van der Waals surface area contributed by atoms with E-state index < -0.39 is 16.1 Å². The Hall–Kier alpha value is -2.29. The minimum absolute atomic E-state index is 0.0594. The number of carbonyl (C=O) groups excluding carboxylic acids is 2. The van der Waals surface area contributed by atoms with E-state index in [1.165, 1.54) is 9.21 Å². The van der Waals surface area contributed by atoms with Gasteiger partial charge in [-0.15, -0.1) is 0 Å². The molecule has 0 aliphatic rings. The number of hydrogen-bond acceptors (Lipinski definition) is 4. The molecular weight excluding hydrogens is 533 g/mol. The molecule has 0 bridgehead atoms. The van der Waals surface area contributed by atoms with Gasteiger partial charge in [0, 0.05) is 36.1 Å². The normalized spacial score (nSPS) is 12.4. The lowest BCUT2D eigenvalue weighted by molar-refractivity contribution is -0.140. The highest BCUT2D eigenvalue weighted by Crippen LogP contribution is 2.25. The molecule has 7 nitrogen and oxygen atoms in total. The molecule has 0 aromatic heterocycles. The number of nitrogens with one attached hydrogen (secondary N) is 1. The van der Waals surface area contributed by atoms with Crippen molar-refractivity contribution in [3.8, 4) is 0 Å². The minimum atomic E-state index is -3.56. The van der Waals surface area contributed by atoms with Crippen LogP contribution in [0, 0.1) is 19.8 Å². The molecule has 0 spiro atoms. The Kier molecular flexibility index (Phi) is 11.3. The second-order valence-corrected chi connectivity index (χ2v) is 12.6. The van der Waals surface area contributed by atoms with Crippen molar-refractivity contribution in [2.45, 2.75) is 60.0 Å². The van der Waals surface area contributed by atoms with E-state index in [0.29, 0.717) is 27.8 Å². The zero-order valence-electron chi connectivity index (χ0n) is 22.3. The third kappa shape index (κ3) is 9.51. The van der Waals surface area contributed by atoms with Crippen molar-refractivity contribution in [1.82, 2.24) is 10.2 Å². The molecule has 0 fully saturated rings. The summed E-state index contributed by atoms with van der Waals surface area (Å²) in [4.78, 5) is 27.7. The summed E-state index contributed by atoms with van der Waals surface area (Å²) < 4.78 is 26.4. The van der Waals surface area contributed by atoms with Crippen LogP contribution in [0.3, 0.4) is 0 Å². The summed E-state index contributed by atoms with van der Waals surface area (Å²) in [5.41, 5.74) is 3.13. The lowest BCUT2D eigenvalue weighted by atomic mass is 10.1. The summed E-state index contributed by atoms with van der Waals surface area (Å²) in [6.07, 6.45) is 1.50. The highest BCUT2D eigenvalue weighted by molar-refractivity contribution is 7.92. The molecule has 2 amide bonds. The molecule has 2 aromatic rings. The first-order valence-electron chi connectivity index (χ1n) is 12.3. The van der Waals surface area contributed by atoms with E-state index in [2.05, 4.69) is 5.32 Å². The predicted octanol–water partition coefficient (Wildman–Crippen LogP) is 5.35. The van der Waals surface area contributed by atoms with Crippen molar-refractivity contribution < 1.29 is 18.0 Å². The van der Waals surface area contributed by atoms with E-state index in [4.69, 9.17) is 23.2 Å². The Bertz CT molecular complexity index is 1200. The average Bonchev–Trinajstić information content (AvgIpc) is 2.77. The van der Waals surface area contributed by atoms with Crippen LogP contribution in [0.5, 0.6) is 0 Å². The van der Waals surface area contributed by atoms with Gasteiger partial charge in [-0.05, 0) is 74.1 Å². The minimum Gasteiger partial charge on any atom is -0.354 e. The van der Waals surface area contributed by atoms with Gasteiger partial charge in [0.15, 0.2) is 0 Å². The molecule has 0 saturated heterocycles. The summed E-state index contributed by atoms with van der Waals surface area (Å²) in [6, 6.07) is 9.86. The van der Waals surface area contributed by atoms with Crippen molar-refractivity contribution in [3.05, 3.63) is 63.1 Å². The van der Waals surface area contributed by atoms with Crippen LogP contribution in [-0.4, -0.2) is 50.5 Å². The van der Waals surface area contributed by atoms with Crippen LogP contribution in [0.15, 0.2) is 36.4 Å². The van der Waals surface area contributed by atoms with Gasteiger partial charge in [-0.25, -0.2) is 8.42 Å². The molecule has 10 heteroatoms. The first kappa shape index (κ1) is 30.9. The monoisotopic (exact) mass is 569 g/mol. The number of halogens is 2. The molecule has 2 rings (SSSR count). The molecule has 0 saturated carbocycles. The average molecular weight is 571 g/mol. The van der Waals surface area contributed by atoms with Crippen molar-refractivity contribution in [2.24, 2.45) is 5.92 Å². The topological polar surface area (TPSA) is 86.8 Å². The van der Waals surface area contributed by atoms with E-state index in [1.807, 2.05) is 45.9 Å². The number of hydrogen-bond donors (Lipinski definition) is 1.